The molecule has 0 aliphatic rings. The fraction of sp³-hybridized carbons (Fsp3) is 0.900. The van der Waals surface area contributed by atoms with Crippen molar-refractivity contribution in [2.24, 2.45) is 5.92 Å². The van der Waals surface area contributed by atoms with Crippen LogP contribution < -0.4 is 51.4 Å². The van der Waals surface area contributed by atoms with Crippen LogP contribution in [0.25, 0.3) is 0 Å². The molecular formula is C20H39KO4S. The van der Waals surface area contributed by atoms with Gasteiger partial charge in [0.25, 0.3) is 0 Å². The number of allylic oxidation sites excluding steroid dienone is 1. The van der Waals surface area contributed by atoms with Crippen molar-refractivity contribution >= 4 is 10.4 Å². The summed E-state index contributed by atoms with van der Waals surface area (Å²) in [4.78, 5) is 0. The monoisotopic (exact) mass is 414 g/mol. The van der Waals surface area contributed by atoms with E-state index in [0.29, 0.717) is 0 Å². The van der Waals surface area contributed by atoms with Crippen LogP contribution in [0.4, 0.5) is 0 Å². The summed E-state index contributed by atoms with van der Waals surface area (Å²) in [5.41, 5.74) is 0. The fourth-order valence-electron chi connectivity index (χ4n) is 2.92. The molecule has 0 saturated carbocycles. The van der Waals surface area contributed by atoms with E-state index < -0.39 is 10.4 Å². The minimum Gasteiger partial charge on any atom is -0.726 e. The summed E-state index contributed by atoms with van der Waals surface area (Å²) in [5.74, 6) is 0.0231. The Kier molecular flexibility index (Phi) is 23.7. The van der Waals surface area contributed by atoms with Gasteiger partial charge < -0.3 is 4.55 Å². The number of hydrogen-bond donors (Lipinski definition) is 0. The maximum absolute atomic E-state index is 10.7. The van der Waals surface area contributed by atoms with Crippen molar-refractivity contribution < 1.29 is 68.5 Å². The maximum Gasteiger partial charge on any atom is 1.00 e. The van der Waals surface area contributed by atoms with Gasteiger partial charge in [0.15, 0.2) is 0 Å². The van der Waals surface area contributed by atoms with Crippen molar-refractivity contribution in [1.82, 2.24) is 0 Å². The van der Waals surface area contributed by atoms with Crippen LogP contribution >= 0.6 is 0 Å². The van der Waals surface area contributed by atoms with Gasteiger partial charge in [-0.1, -0.05) is 96.6 Å². The second kappa shape index (κ2) is 21.0. The minimum atomic E-state index is -4.59. The first-order valence-corrected chi connectivity index (χ1v) is 11.6. The third-order valence-corrected chi connectivity index (χ3v) is 4.91. The molecule has 0 bridgehead atoms. The van der Waals surface area contributed by atoms with Crippen molar-refractivity contribution in [2.75, 3.05) is 6.61 Å². The second-order valence-corrected chi connectivity index (χ2v) is 8.05. The van der Waals surface area contributed by atoms with E-state index in [1.165, 1.54) is 57.8 Å². The molecule has 0 aromatic rings. The van der Waals surface area contributed by atoms with Crippen LogP contribution in [0.15, 0.2) is 12.2 Å². The molecule has 150 valence electrons. The first-order chi connectivity index (χ1) is 12.0. The molecule has 0 N–H and O–H groups in total. The zero-order valence-corrected chi connectivity index (χ0v) is 21.3. The van der Waals surface area contributed by atoms with Crippen molar-refractivity contribution in [3.05, 3.63) is 12.2 Å². The zero-order chi connectivity index (χ0) is 18.8. The topological polar surface area (TPSA) is 66.4 Å². The Balaban J connectivity index is 0. The van der Waals surface area contributed by atoms with Crippen LogP contribution in [0.5, 0.6) is 0 Å². The summed E-state index contributed by atoms with van der Waals surface area (Å²) >= 11 is 0. The van der Waals surface area contributed by atoms with Gasteiger partial charge in [0.1, 0.15) is 0 Å². The summed E-state index contributed by atoms with van der Waals surface area (Å²) < 4.78 is 36.5. The van der Waals surface area contributed by atoms with Crippen molar-refractivity contribution in [3.63, 3.8) is 0 Å². The SMILES string of the molecule is CCCCCC/C=C/C(CCCCCCCCCC)COS(=O)(=O)[O-].[K+]. The van der Waals surface area contributed by atoms with Crippen LogP contribution in [0.1, 0.15) is 104 Å². The van der Waals surface area contributed by atoms with Gasteiger partial charge in [0, 0.05) is 5.92 Å². The summed E-state index contributed by atoms with van der Waals surface area (Å²) in [5, 5.41) is 0. The molecule has 0 aliphatic heterocycles. The van der Waals surface area contributed by atoms with Gasteiger partial charge in [-0.05, 0) is 19.3 Å². The molecule has 0 saturated heterocycles. The Hall–Kier alpha value is 1.25. The number of unbranched alkanes of at least 4 members (excludes halogenated alkanes) is 11. The van der Waals surface area contributed by atoms with Crippen molar-refractivity contribution in [1.29, 1.82) is 0 Å². The molecule has 0 aromatic heterocycles. The molecule has 0 amide bonds. The fourth-order valence-corrected chi connectivity index (χ4v) is 3.27. The zero-order valence-electron chi connectivity index (χ0n) is 17.4. The van der Waals surface area contributed by atoms with Gasteiger partial charge in [0.2, 0.25) is 10.4 Å². The van der Waals surface area contributed by atoms with E-state index in [0.717, 1.165) is 32.1 Å². The average Bonchev–Trinajstić information content (AvgIpc) is 2.56. The normalized spacial score (nSPS) is 13.0. The van der Waals surface area contributed by atoms with Crippen LogP contribution in [-0.2, 0) is 14.6 Å². The van der Waals surface area contributed by atoms with E-state index in [1.54, 1.807) is 0 Å². The van der Waals surface area contributed by atoms with Crippen LogP contribution in [-0.4, -0.2) is 19.6 Å². The van der Waals surface area contributed by atoms with Crippen LogP contribution in [0.3, 0.4) is 0 Å². The molecule has 0 radical (unpaired) electrons. The van der Waals surface area contributed by atoms with Gasteiger partial charge in [0.05, 0.1) is 6.61 Å². The van der Waals surface area contributed by atoms with Gasteiger partial charge in [-0.15, -0.1) is 0 Å². The van der Waals surface area contributed by atoms with Crippen LogP contribution in [0, 0.1) is 5.92 Å². The summed E-state index contributed by atoms with van der Waals surface area (Å²) in [6.45, 7) is 4.39. The Morgan fingerprint density at radius 2 is 1.35 bits per heavy atom. The molecule has 0 aromatic carbocycles. The summed E-state index contributed by atoms with van der Waals surface area (Å²) in [6, 6.07) is 0. The molecule has 6 heteroatoms. The first-order valence-electron chi connectivity index (χ1n) is 10.3. The molecule has 1 atom stereocenters. The molecular weight excluding hydrogens is 375 g/mol. The molecule has 4 nitrogen and oxygen atoms in total. The minimum absolute atomic E-state index is 0. The standard InChI is InChI=1S/C20H40O4S.K/c1-3-5-7-9-11-12-14-16-18-20(19-24-25(21,22)23)17-15-13-10-8-6-4-2;/h15,17,20H,3-14,16,18-19H2,1-2H3,(H,21,22,23);/q;+1/p-1/b17-15+;. The van der Waals surface area contributed by atoms with E-state index in [-0.39, 0.29) is 63.9 Å². The number of hydrogen-bond acceptors (Lipinski definition) is 4. The van der Waals surface area contributed by atoms with E-state index in [1.807, 2.05) is 6.08 Å². The molecule has 1 unspecified atom stereocenters. The third kappa shape index (κ3) is 23.3. The summed E-state index contributed by atoms with van der Waals surface area (Å²) in [7, 11) is -4.59. The van der Waals surface area contributed by atoms with E-state index in [2.05, 4.69) is 24.1 Å². The Bertz CT molecular complexity index is 410. The van der Waals surface area contributed by atoms with Crippen molar-refractivity contribution in [2.45, 2.75) is 104 Å². The molecule has 0 aliphatic carbocycles. The van der Waals surface area contributed by atoms with Crippen LogP contribution in [0.2, 0.25) is 0 Å². The molecule has 26 heavy (non-hydrogen) atoms. The maximum atomic E-state index is 10.7. The molecule has 0 heterocycles. The van der Waals surface area contributed by atoms with E-state index in [4.69, 9.17) is 0 Å². The quantitative estimate of drug-likeness (QED) is 0.114. The Morgan fingerprint density at radius 3 is 1.88 bits per heavy atom. The van der Waals surface area contributed by atoms with Gasteiger partial charge >= 0.3 is 51.4 Å². The van der Waals surface area contributed by atoms with E-state index >= 15 is 0 Å². The van der Waals surface area contributed by atoms with Gasteiger partial charge in [-0.3, -0.25) is 4.18 Å². The molecule has 0 fully saturated rings. The average molecular weight is 415 g/mol. The molecule has 0 rings (SSSR count). The van der Waals surface area contributed by atoms with Gasteiger partial charge in [-0.25, -0.2) is 8.42 Å². The number of rotatable bonds is 18. The summed E-state index contributed by atoms with van der Waals surface area (Å²) in [6.07, 6.45) is 20.9. The molecule has 0 spiro atoms. The third-order valence-electron chi connectivity index (χ3n) is 4.49. The Labute approximate surface area is 205 Å². The smallest absolute Gasteiger partial charge is 0.726 e. The van der Waals surface area contributed by atoms with E-state index in [9.17, 15) is 13.0 Å². The largest absolute Gasteiger partial charge is 1.00 e. The second-order valence-electron chi connectivity index (χ2n) is 6.99. The first kappa shape index (κ1) is 29.4. The predicted molar refractivity (Wildman–Crippen MR) is 104 cm³/mol. The predicted octanol–water partition coefficient (Wildman–Crippen LogP) is 3.14. The van der Waals surface area contributed by atoms with Gasteiger partial charge in [-0.2, -0.15) is 0 Å². The van der Waals surface area contributed by atoms with Crippen molar-refractivity contribution in [3.8, 4) is 0 Å². The Morgan fingerprint density at radius 1 is 0.846 bits per heavy atom.